The van der Waals surface area contributed by atoms with E-state index in [2.05, 4.69) is 13.8 Å². The fraction of sp³-hybridized carbons (Fsp3) is 0.500. The average Bonchev–Trinajstić information content (AvgIpc) is 2.84. The summed E-state index contributed by atoms with van der Waals surface area (Å²) in [6, 6.07) is 2.01. The van der Waals surface area contributed by atoms with Gasteiger partial charge in [-0.05, 0) is 30.4 Å². The van der Waals surface area contributed by atoms with Crippen LogP contribution in [0.4, 0.5) is 14.5 Å². The van der Waals surface area contributed by atoms with E-state index in [0.29, 0.717) is 24.9 Å². The number of benzene rings is 1. The highest BCUT2D eigenvalue weighted by Gasteiger charge is 2.29. The summed E-state index contributed by atoms with van der Waals surface area (Å²) in [7, 11) is 0. The second-order valence-corrected chi connectivity index (χ2v) is 5.40. The molecule has 0 aliphatic carbocycles. The van der Waals surface area contributed by atoms with Crippen LogP contribution in [0.2, 0.25) is 0 Å². The van der Waals surface area contributed by atoms with Gasteiger partial charge >= 0.3 is 0 Å². The van der Waals surface area contributed by atoms with Crippen LogP contribution in [0.1, 0.15) is 30.6 Å². The van der Waals surface area contributed by atoms with Crippen molar-refractivity contribution in [3.05, 3.63) is 29.3 Å². The molecule has 0 saturated carbocycles. The molecular formula is C14H18F2N2O. The minimum absolute atomic E-state index is 0.0219. The Morgan fingerprint density at radius 3 is 2.42 bits per heavy atom. The van der Waals surface area contributed by atoms with Gasteiger partial charge in [0.2, 0.25) is 0 Å². The number of hydrogen-bond donors (Lipinski definition) is 1. The zero-order valence-electron chi connectivity index (χ0n) is 11.1. The third-order valence-electron chi connectivity index (χ3n) is 3.78. The molecule has 1 aliphatic rings. The molecule has 0 radical (unpaired) electrons. The van der Waals surface area contributed by atoms with Gasteiger partial charge in [0.15, 0.2) is 0 Å². The number of halogens is 2. The Balaban J connectivity index is 2.17. The van der Waals surface area contributed by atoms with E-state index < -0.39 is 17.3 Å². The maximum absolute atomic E-state index is 13.4. The lowest BCUT2D eigenvalue weighted by molar-refractivity contribution is 0.0783. The van der Waals surface area contributed by atoms with Gasteiger partial charge in [0.1, 0.15) is 17.3 Å². The second kappa shape index (κ2) is 5.15. The number of carbonyl (C=O) groups excluding carboxylic acids is 1. The fourth-order valence-corrected chi connectivity index (χ4v) is 2.41. The molecule has 1 atom stereocenters. The van der Waals surface area contributed by atoms with Crippen molar-refractivity contribution in [1.29, 1.82) is 0 Å². The molecule has 1 fully saturated rings. The fourth-order valence-electron chi connectivity index (χ4n) is 2.41. The zero-order valence-corrected chi connectivity index (χ0v) is 11.1. The Hall–Kier alpha value is -1.65. The predicted octanol–water partition coefficient (Wildman–Crippen LogP) is 2.67. The van der Waals surface area contributed by atoms with Crippen molar-refractivity contribution >= 4 is 11.6 Å². The summed E-state index contributed by atoms with van der Waals surface area (Å²) in [6.45, 7) is 5.50. The van der Waals surface area contributed by atoms with E-state index in [-0.39, 0.29) is 11.5 Å². The number of hydrogen-bond acceptors (Lipinski definition) is 2. The molecule has 1 aliphatic heterocycles. The highest BCUT2D eigenvalue weighted by atomic mass is 19.1. The third kappa shape index (κ3) is 2.69. The normalized spacial score (nSPS) is 19.2. The van der Waals surface area contributed by atoms with Gasteiger partial charge in [0.25, 0.3) is 5.91 Å². The lowest BCUT2D eigenvalue weighted by atomic mass is 9.95. The van der Waals surface area contributed by atoms with Crippen LogP contribution in [0.5, 0.6) is 0 Å². The molecular weight excluding hydrogens is 250 g/mol. The monoisotopic (exact) mass is 268 g/mol. The minimum atomic E-state index is -0.886. The number of likely N-dealkylation sites (tertiary alicyclic amines) is 1. The third-order valence-corrected chi connectivity index (χ3v) is 3.78. The van der Waals surface area contributed by atoms with Gasteiger partial charge in [-0.3, -0.25) is 4.79 Å². The van der Waals surface area contributed by atoms with Gasteiger partial charge in [0, 0.05) is 18.7 Å². The van der Waals surface area contributed by atoms with Crippen molar-refractivity contribution in [1.82, 2.24) is 4.90 Å². The molecule has 1 heterocycles. The SMILES string of the molecule is CC(C)C1CCN(C(=O)c2cc(F)c(N)c(F)c2)C1. The smallest absolute Gasteiger partial charge is 0.254 e. The average molecular weight is 268 g/mol. The molecule has 1 aromatic carbocycles. The van der Waals surface area contributed by atoms with Crippen LogP contribution >= 0.6 is 0 Å². The Labute approximate surface area is 111 Å². The summed E-state index contributed by atoms with van der Waals surface area (Å²) in [5.41, 5.74) is 4.67. The quantitative estimate of drug-likeness (QED) is 0.838. The minimum Gasteiger partial charge on any atom is -0.394 e. The van der Waals surface area contributed by atoms with Crippen molar-refractivity contribution in [3.8, 4) is 0 Å². The summed E-state index contributed by atoms with van der Waals surface area (Å²) < 4.78 is 26.7. The van der Waals surface area contributed by atoms with Crippen molar-refractivity contribution in [2.45, 2.75) is 20.3 Å². The first-order valence-electron chi connectivity index (χ1n) is 6.44. The highest BCUT2D eigenvalue weighted by Crippen LogP contribution is 2.26. The number of anilines is 1. The summed E-state index contributed by atoms with van der Waals surface area (Å²) >= 11 is 0. The number of carbonyl (C=O) groups is 1. The Kier molecular flexibility index (Phi) is 3.73. The first-order valence-corrected chi connectivity index (χ1v) is 6.44. The van der Waals surface area contributed by atoms with E-state index in [1.165, 1.54) is 0 Å². The molecule has 0 bridgehead atoms. The molecule has 1 aromatic rings. The first-order chi connectivity index (χ1) is 8.90. The van der Waals surface area contributed by atoms with Crippen LogP contribution in [0.15, 0.2) is 12.1 Å². The van der Waals surface area contributed by atoms with E-state index in [4.69, 9.17) is 5.73 Å². The van der Waals surface area contributed by atoms with Gasteiger partial charge in [-0.2, -0.15) is 0 Å². The molecule has 19 heavy (non-hydrogen) atoms. The van der Waals surface area contributed by atoms with Gasteiger partial charge in [-0.1, -0.05) is 13.8 Å². The lowest BCUT2D eigenvalue weighted by Gasteiger charge is -2.18. The van der Waals surface area contributed by atoms with Crippen LogP contribution in [0.3, 0.4) is 0 Å². The molecule has 5 heteroatoms. The van der Waals surface area contributed by atoms with Gasteiger partial charge < -0.3 is 10.6 Å². The zero-order chi connectivity index (χ0) is 14.2. The van der Waals surface area contributed by atoms with Gasteiger partial charge in [0.05, 0.1) is 0 Å². The standard InChI is InChI=1S/C14H18F2N2O/c1-8(2)9-3-4-18(7-9)14(19)10-5-11(15)13(17)12(16)6-10/h5-6,8-9H,3-4,7,17H2,1-2H3. The number of amides is 1. The van der Waals surface area contributed by atoms with E-state index >= 15 is 0 Å². The largest absolute Gasteiger partial charge is 0.394 e. The number of nitrogen functional groups attached to an aromatic ring is 1. The van der Waals surface area contributed by atoms with E-state index in [1.807, 2.05) is 0 Å². The first kappa shape index (κ1) is 13.8. The summed E-state index contributed by atoms with van der Waals surface area (Å²) in [6.07, 6.45) is 0.934. The van der Waals surface area contributed by atoms with E-state index in [9.17, 15) is 13.6 Å². The van der Waals surface area contributed by atoms with Crippen LogP contribution in [-0.4, -0.2) is 23.9 Å². The second-order valence-electron chi connectivity index (χ2n) is 5.40. The van der Waals surface area contributed by atoms with Gasteiger partial charge in [-0.15, -0.1) is 0 Å². The van der Waals surface area contributed by atoms with Crippen molar-refractivity contribution in [3.63, 3.8) is 0 Å². The topological polar surface area (TPSA) is 46.3 Å². The molecule has 1 saturated heterocycles. The van der Waals surface area contributed by atoms with Crippen molar-refractivity contribution in [2.24, 2.45) is 11.8 Å². The predicted molar refractivity (Wildman–Crippen MR) is 69.6 cm³/mol. The summed E-state index contributed by atoms with van der Waals surface area (Å²) in [4.78, 5) is 13.8. The maximum Gasteiger partial charge on any atom is 0.254 e. The maximum atomic E-state index is 13.4. The summed E-state index contributed by atoms with van der Waals surface area (Å²) in [5, 5.41) is 0. The van der Waals surface area contributed by atoms with Crippen LogP contribution < -0.4 is 5.73 Å². The van der Waals surface area contributed by atoms with Crippen LogP contribution in [-0.2, 0) is 0 Å². The van der Waals surface area contributed by atoms with Gasteiger partial charge in [-0.25, -0.2) is 8.78 Å². The number of rotatable bonds is 2. The highest BCUT2D eigenvalue weighted by molar-refractivity contribution is 5.94. The Morgan fingerprint density at radius 1 is 1.37 bits per heavy atom. The van der Waals surface area contributed by atoms with Crippen molar-refractivity contribution in [2.75, 3.05) is 18.8 Å². The van der Waals surface area contributed by atoms with Crippen LogP contribution in [0.25, 0.3) is 0 Å². The molecule has 0 aromatic heterocycles. The summed E-state index contributed by atoms with van der Waals surface area (Å²) in [5.74, 6) is -1.16. The number of nitrogens with two attached hydrogens (primary N) is 1. The van der Waals surface area contributed by atoms with Crippen LogP contribution in [0, 0.1) is 23.5 Å². The molecule has 2 rings (SSSR count). The Bertz CT molecular complexity index is 479. The molecule has 1 amide bonds. The number of nitrogens with zero attached hydrogens (tertiary/aromatic N) is 1. The van der Waals surface area contributed by atoms with E-state index in [0.717, 1.165) is 18.6 Å². The molecule has 3 nitrogen and oxygen atoms in total. The van der Waals surface area contributed by atoms with E-state index in [1.54, 1.807) is 4.90 Å². The molecule has 104 valence electrons. The molecule has 1 unspecified atom stereocenters. The van der Waals surface area contributed by atoms with Crippen molar-refractivity contribution < 1.29 is 13.6 Å². The Morgan fingerprint density at radius 2 is 1.95 bits per heavy atom. The molecule has 0 spiro atoms. The lowest BCUT2D eigenvalue weighted by Crippen LogP contribution is -2.29. The molecule has 2 N–H and O–H groups in total.